The lowest BCUT2D eigenvalue weighted by atomic mass is 10.2. The second-order valence-corrected chi connectivity index (χ2v) is 4.80. The average Bonchev–Trinajstić information content (AvgIpc) is 2.15. The molecule has 0 aromatic rings. The highest BCUT2D eigenvalue weighted by molar-refractivity contribution is 5.73. The molecule has 0 rings (SSSR count). The van der Waals surface area contributed by atoms with E-state index in [1.807, 2.05) is 13.8 Å². The molecule has 0 bridgehead atoms. The minimum atomic E-state index is -0.787. The van der Waals surface area contributed by atoms with Crippen molar-refractivity contribution in [3.8, 4) is 0 Å². The highest BCUT2D eigenvalue weighted by atomic mass is 16.7. The lowest BCUT2D eigenvalue weighted by Gasteiger charge is -2.23. The van der Waals surface area contributed by atoms with Gasteiger partial charge in [-0.2, -0.15) is 0 Å². The fourth-order valence-electron chi connectivity index (χ4n) is 0.797. The van der Waals surface area contributed by atoms with Crippen LogP contribution in [-0.2, 0) is 19.1 Å². The molecule has 0 saturated carbocycles. The van der Waals surface area contributed by atoms with Gasteiger partial charge in [0, 0.05) is 5.92 Å². The summed E-state index contributed by atoms with van der Waals surface area (Å²) < 4.78 is 10.2. The maximum Gasteiger partial charge on any atom is 0.311 e. The molecular weight excluding hydrogens is 208 g/mol. The molecule has 0 spiro atoms. The first kappa shape index (κ1) is 14.9. The van der Waals surface area contributed by atoms with Crippen molar-refractivity contribution in [1.29, 1.82) is 0 Å². The minimum Gasteiger partial charge on any atom is -0.425 e. The fraction of sp³-hybridized carbons (Fsp3) is 0.833. The van der Waals surface area contributed by atoms with Crippen molar-refractivity contribution in [2.75, 3.05) is 0 Å². The molecular formula is C12H22O4. The van der Waals surface area contributed by atoms with Crippen LogP contribution in [0.4, 0.5) is 0 Å². The summed E-state index contributed by atoms with van der Waals surface area (Å²) >= 11 is 0. The Bertz CT molecular complexity index is 221. The normalized spacial score (nSPS) is 11.4. The van der Waals surface area contributed by atoms with E-state index in [0.717, 1.165) is 0 Å². The summed E-state index contributed by atoms with van der Waals surface area (Å²) in [5.41, 5.74) is 0. The van der Waals surface area contributed by atoms with E-state index in [2.05, 4.69) is 0 Å². The van der Waals surface area contributed by atoms with Crippen LogP contribution in [0.5, 0.6) is 0 Å². The van der Waals surface area contributed by atoms with Gasteiger partial charge in [-0.15, -0.1) is 0 Å². The lowest BCUT2D eigenvalue weighted by molar-refractivity contribution is -0.200. The van der Waals surface area contributed by atoms with Gasteiger partial charge in [-0.1, -0.05) is 41.5 Å². The molecule has 0 fully saturated rings. The molecule has 0 aromatic carbocycles. The number of carbonyl (C=O) groups excluding carboxylic acids is 2. The summed E-state index contributed by atoms with van der Waals surface area (Å²) in [4.78, 5) is 22.8. The fourth-order valence-corrected chi connectivity index (χ4v) is 0.797. The average molecular weight is 230 g/mol. The summed E-state index contributed by atoms with van der Waals surface area (Å²) in [5, 5.41) is 0. The summed E-state index contributed by atoms with van der Waals surface area (Å²) in [6, 6.07) is 0. The zero-order chi connectivity index (χ0) is 12.9. The zero-order valence-corrected chi connectivity index (χ0v) is 10.9. The van der Waals surface area contributed by atoms with Crippen LogP contribution in [-0.4, -0.2) is 18.2 Å². The second kappa shape index (κ2) is 6.51. The summed E-state index contributed by atoms with van der Waals surface area (Å²) in [6.45, 7) is 10.6. The van der Waals surface area contributed by atoms with Crippen molar-refractivity contribution in [1.82, 2.24) is 0 Å². The Kier molecular flexibility index (Phi) is 6.08. The smallest absolute Gasteiger partial charge is 0.311 e. The quantitative estimate of drug-likeness (QED) is 0.537. The van der Waals surface area contributed by atoms with Crippen LogP contribution in [0.1, 0.15) is 41.5 Å². The summed E-state index contributed by atoms with van der Waals surface area (Å²) in [5.74, 6) is -1.20. The van der Waals surface area contributed by atoms with Crippen LogP contribution in [0, 0.1) is 17.8 Å². The van der Waals surface area contributed by atoms with Gasteiger partial charge in [0.25, 0.3) is 0 Å². The first-order chi connectivity index (χ1) is 7.25. The second-order valence-electron chi connectivity index (χ2n) is 4.80. The van der Waals surface area contributed by atoms with Crippen molar-refractivity contribution < 1.29 is 19.1 Å². The SMILES string of the molecule is CC(C)C(=O)OC(OC(=O)C(C)C)C(C)C. The Morgan fingerprint density at radius 1 is 0.750 bits per heavy atom. The minimum absolute atomic E-state index is 0.0506. The van der Waals surface area contributed by atoms with E-state index in [1.165, 1.54) is 0 Å². The maximum atomic E-state index is 11.4. The lowest BCUT2D eigenvalue weighted by Crippen LogP contribution is -2.32. The molecule has 0 aliphatic rings. The maximum absolute atomic E-state index is 11.4. The van der Waals surface area contributed by atoms with Crippen LogP contribution in [0.25, 0.3) is 0 Å². The van der Waals surface area contributed by atoms with Gasteiger partial charge in [0.2, 0.25) is 6.29 Å². The van der Waals surface area contributed by atoms with Gasteiger partial charge in [0.05, 0.1) is 11.8 Å². The van der Waals surface area contributed by atoms with Gasteiger partial charge in [-0.05, 0) is 0 Å². The van der Waals surface area contributed by atoms with E-state index in [1.54, 1.807) is 27.7 Å². The number of ether oxygens (including phenoxy) is 2. The third-order valence-electron chi connectivity index (χ3n) is 1.95. The molecule has 94 valence electrons. The first-order valence-electron chi connectivity index (χ1n) is 5.66. The molecule has 0 saturated heterocycles. The predicted octanol–water partition coefficient (Wildman–Crippen LogP) is 2.37. The summed E-state index contributed by atoms with van der Waals surface area (Å²) in [7, 11) is 0. The van der Waals surface area contributed by atoms with Crippen molar-refractivity contribution in [2.24, 2.45) is 17.8 Å². The first-order valence-corrected chi connectivity index (χ1v) is 5.66. The number of hydrogen-bond donors (Lipinski definition) is 0. The molecule has 0 N–H and O–H groups in total. The molecule has 0 aromatic heterocycles. The van der Waals surface area contributed by atoms with Gasteiger partial charge < -0.3 is 9.47 Å². The number of carbonyl (C=O) groups is 2. The Hall–Kier alpha value is -1.06. The highest BCUT2D eigenvalue weighted by Gasteiger charge is 2.24. The third-order valence-corrected chi connectivity index (χ3v) is 1.95. The van der Waals surface area contributed by atoms with Crippen LogP contribution in [0.3, 0.4) is 0 Å². The van der Waals surface area contributed by atoms with Crippen LogP contribution in [0.2, 0.25) is 0 Å². The van der Waals surface area contributed by atoms with E-state index in [0.29, 0.717) is 0 Å². The molecule has 0 unspecified atom stereocenters. The summed E-state index contributed by atoms with van der Waals surface area (Å²) in [6.07, 6.45) is -0.787. The van der Waals surface area contributed by atoms with Crippen molar-refractivity contribution in [2.45, 2.75) is 47.8 Å². The largest absolute Gasteiger partial charge is 0.425 e. The molecule has 0 heterocycles. The van der Waals surface area contributed by atoms with Crippen molar-refractivity contribution in [3.63, 3.8) is 0 Å². The Labute approximate surface area is 97.3 Å². The van der Waals surface area contributed by atoms with E-state index < -0.39 is 6.29 Å². The van der Waals surface area contributed by atoms with Crippen molar-refractivity contribution >= 4 is 11.9 Å². The van der Waals surface area contributed by atoms with Gasteiger partial charge in [-0.3, -0.25) is 9.59 Å². The molecule has 4 heteroatoms. The Morgan fingerprint density at radius 2 is 1.06 bits per heavy atom. The predicted molar refractivity (Wildman–Crippen MR) is 60.5 cm³/mol. The molecule has 0 amide bonds. The van der Waals surface area contributed by atoms with E-state index in [4.69, 9.17) is 9.47 Å². The molecule has 16 heavy (non-hydrogen) atoms. The van der Waals surface area contributed by atoms with Crippen LogP contribution in [0.15, 0.2) is 0 Å². The van der Waals surface area contributed by atoms with Crippen molar-refractivity contribution in [3.05, 3.63) is 0 Å². The van der Waals surface area contributed by atoms with E-state index in [-0.39, 0.29) is 29.7 Å². The van der Waals surface area contributed by atoms with Crippen LogP contribution >= 0.6 is 0 Å². The molecule has 0 aliphatic heterocycles. The molecule has 0 atom stereocenters. The topological polar surface area (TPSA) is 52.6 Å². The number of rotatable bonds is 5. The Morgan fingerprint density at radius 3 is 1.25 bits per heavy atom. The highest BCUT2D eigenvalue weighted by Crippen LogP contribution is 2.13. The van der Waals surface area contributed by atoms with Gasteiger partial charge in [0.1, 0.15) is 0 Å². The standard InChI is InChI=1S/C12H22O4/c1-7(2)10(13)15-12(9(5)6)16-11(14)8(3)4/h7-9,12H,1-6H3. The van der Waals surface area contributed by atoms with Gasteiger partial charge >= 0.3 is 11.9 Å². The molecule has 4 nitrogen and oxygen atoms in total. The van der Waals surface area contributed by atoms with Gasteiger partial charge in [-0.25, -0.2) is 0 Å². The van der Waals surface area contributed by atoms with E-state index >= 15 is 0 Å². The molecule has 0 aliphatic carbocycles. The molecule has 0 radical (unpaired) electrons. The third kappa shape index (κ3) is 5.14. The van der Waals surface area contributed by atoms with Crippen LogP contribution < -0.4 is 0 Å². The zero-order valence-electron chi connectivity index (χ0n) is 10.9. The van der Waals surface area contributed by atoms with E-state index in [9.17, 15) is 9.59 Å². The monoisotopic (exact) mass is 230 g/mol. The number of esters is 2. The Balaban J connectivity index is 4.40. The number of hydrogen-bond acceptors (Lipinski definition) is 4. The van der Waals surface area contributed by atoms with Gasteiger partial charge in [0.15, 0.2) is 0 Å².